The van der Waals surface area contributed by atoms with Gasteiger partial charge in [0.05, 0.1) is 0 Å². The van der Waals surface area contributed by atoms with Crippen molar-refractivity contribution in [2.24, 2.45) is 0 Å². The predicted octanol–water partition coefficient (Wildman–Crippen LogP) is 5.84. The van der Waals surface area contributed by atoms with Gasteiger partial charge in [0, 0.05) is 10.7 Å². The molecule has 112 valence electrons. The molecule has 0 bridgehead atoms. The summed E-state index contributed by atoms with van der Waals surface area (Å²) >= 11 is 6.47. The monoisotopic (exact) mass is 301 g/mol. The Morgan fingerprint density at radius 2 is 1.67 bits per heavy atom. The van der Waals surface area contributed by atoms with E-state index in [4.69, 9.17) is 17.3 Å². The van der Waals surface area contributed by atoms with Gasteiger partial charge < -0.3 is 5.73 Å². The molecule has 0 radical (unpaired) electrons. The SMILES string of the molecule is CCc1c(N)cc(Cl)c(CC)c1-c1ccccc1C(C)C. The first kappa shape index (κ1) is 15.9. The first-order valence-electron chi connectivity index (χ1n) is 7.70. The summed E-state index contributed by atoms with van der Waals surface area (Å²) in [5, 5.41) is 0.778. The Morgan fingerprint density at radius 3 is 2.24 bits per heavy atom. The molecule has 2 aromatic rings. The van der Waals surface area contributed by atoms with Crippen molar-refractivity contribution in [1.82, 2.24) is 0 Å². The number of nitrogens with two attached hydrogens (primary N) is 1. The standard InChI is InChI=1S/C19H24ClN/c1-5-13-17(20)11-18(21)14(6-2)19(13)16-10-8-7-9-15(16)12(3)4/h7-12H,5-6,21H2,1-4H3. The fourth-order valence-corrected chi connectivity index (χ4v) is 3.38. The quantitative estimate of drug-likeness (QED) is 0.706. The molecule has 0 spiro atoms. The van der Waals surface area contributed by atoms with Gasteiger partial charge in [0.1, 0.15) is 0 Å². The van der Waals surface area contributed by atoms with Crippen molar-refractivity contribution < 1.29 is 0 Å². The molecule has 0 heterocycles. The zero-order chi connectivity index (χ0) is 15.6. The fourth-order valence-electron chi connectivity index (χ4n) is 3.04. The lowest BCUT2D eigenvalue weighted by Crippen LogP contribution is -2.03. The largest absolute Gasteiger partial charge is 0.398 e. The van der Waals surface area contributed by atoms with E-state index in [1.54, 1.807) is 0 Å². The van der Waals surface area contributed by atoms with Crippen LogP contribution in [0.3, 0.4) is 0 Å². The molecule has 2 rings (SSSR count). The van der Waals surface area contributed by atoms with Gasteiger partial charge >= 0.3 is 0 Å². The Kier molecular flexibility index (Phi) is 4.95. The van der Waals surface area contributed by atoms with Crippen molar-refractivity contribution in [3.05, 3.63) is 52.0 Å². The molecule has 0 amide bonds. The fraction of sp³-hybridized carbons (Fsp3) is 0.368. The summed E-state index contributed by atoms with van der Waals surface area (Å²) in [5.74, 6) is 0.468. The van der Waals surface area contributed by atoms with Crippen LogP contribution in [-0.2, 0) is 12.8 Å². The second kappa shape index (κ2) is 6.53. The lowest BCUT2D eigenvalue weighted by Gasteiger charge is -2.21. The normalized spacial score (nSPS) is 11.1. The molecule has 0 saturated carbocycles. The van der Waals surface area contributed by atoms with Crippen molar-refractivity contribution in [3.63, 3.8) is 0 Å². The molecule has 0 aliphatic carbocycles. The van der Waals surface area contributed by atoms with Crippen LogP contribution in [0.2, 0.25) is 5.02 Å². The Morgan fingerprint density at radius 1 is 1.05 bits per heavy atom. The minimum atomic E-state index is 0.468. The predicted molar refractivity (Wildman–Crippen MR) is 94.1 cm³/mol. The van der Waals surface area contributed by atoms with Crippen LogP contribution in [0.5, 0.6) is 0 Å². The molecular formula is C19H24ClN. The molecule has 0 aromatic heterocycles. The van der Waals surface area contributed by atoms with Crippen LogP contribution in [0.25, 0.3) is 11.1 Å². The van der Waals surface area contributed by atoms with Crippen molar-refractivity contribution in [1.29, 1.82) is 0 Å². The second-order valence-electron chi connectivity index (χ2n) is 5.73. The van der Waals surface area contributed by atoms with Crippen LogP contribution in [0.4, 0.5) is 5.69 Å². The Bertz CT molecular complexity index is 616. The van der Waals surface area contributed by atoms with E-state index in [2.05, 4.69) is 52.0 Å². The third-order valence-electron chi connectivity index (χ3n) is 4.08. The first-order chi connectivity index (χ1) is 10.0. The topological polar surface area (TPSA) is 26.0 Å². The summed E-state index contributed by atoms with van der Waals surface area (Å²) in [5.41, 5.74) is 13.3. The molecule has 1 nitrogen and oxygen atoms in total. The summed E-state index contributed by atoms with van der Waals surface area (Å²) < 4.78 is 0. The summed E-state index contributed by atoms with van der Waals surface area (Å²) in [6.45, 7) is 8.76. The minimum Gasteiger partial charge on any atom is -0.398 e. The molecule has 0 unspecified atom stereocenters. The average Bonchev–Trinajstić information content (AvgIpc) is 2.46. The van der Waals surface area contributed by atoms with Gasteiger partial charge in [-0.25, -0.2) is 0 Å². The van der Waals surface area contributed by atoms with E-state index < -0.39 is 0 Å². The van der Waals surface area contributed by atoms with Crippen molar-refractivity contribution in [2.75, 3.05) is 5.73 Å². The maximum absolute atomic E-state index is 6.47. The van der Waals surface area contributed by atoms with Gasteiger partial charge in [-0.2, -0.15) is 0 Å². The molecule has 0 atom stereocenters. The highest BCUT2D eigenvalue weighted by molar-refractivity contribution is 6.32. The zero-order valence-electron chi connectivity index (χ0n) is 13.3. The highest BCUT2D eigenvalue weighted by Crippen LogP contribution is 2.40. The van der Waals surface area contributed by atoms with E-state index in [-0.39, 0.29) is 0 Å². The summed E-state index contributed by atoms with van der Waals surface area (Å²) in [4.78, 5) is 0. The van der Waals surface area contributed by atoms with Gasteiger partial charge in [0.15, 0.2) is 0 Å². The molecule has 2 heteroatoms. The highest BCUT2D eigenvalue weighted by atomic mass is 35.5. The van der Waals surface area contributed by atoms with E-state index in [0.717, 1.165) is 23.6 Å². The average molecular weight is 302 g/mol. The Hall–Kier alpha value is -1.47. The molecule has 2 aromatic carbocycles. The van der Waals surface area contributed by atoms with Gasteiger partial charge in [-0.15, -0.1) is 0 Å². The number of halogens is 1. The van der Waals surface area contributed by atoms with Crippen molar-refractivity contribution >= 4 is 17.3 Å². The molecular weight excluding hydrogens is 278 g/mol. The highest BCUT2D eigenvalue weighted by Gasteiger charge is 2.18. The van der Waals surface area contributed by atoms with E-state index in [0.29, 0.717) is 5.92 Å². The zero-order valence-corrected chi connectivity index (χ0v) is 14.1. The third kappa shape index (κ3) is 2.94. The van der Waals surface area contributed by atoms with E-state index in [1.807, 2.05) is 6.07 Å². The van der Waals surface area contributed by atoms with Gasteiger partial charge in [-0.3, -0.25) is 0 Å². The molecule has 0 aliphatic rings. The Labute approximate surface area is 133 Å². The molecule has 0 fully saturated rings. The van der Waals surface area contributed by atoms with Gasteiger partial charge in [-0.1, -0.05) is 63.6 Å². The molecule has 0 aliphatic heterocycles. The Balaban J connectivity index is 2.85. The second-order valence-corrected chi connectivity index (χ2v) is 6.14. The summed E-state index contributed by atoms with van der Waals surface area (Å²) in [7, 11) is 0. The number of hydrogen-bond acceptors (Lipinski definition) is 1. The summed E-state index contributed by atoms with van der Waals surface area (Å²) in [6.07, 6.45) is 1.83. The molecule has 2 N–H and O–H groups in total. The summed E-state index contributed by atoms with van der Waals surface area (Å²) in [6, 6.07) is 10.5. The van der Waals surface area contributed by atoms with Crippen LogP contribution in [-0.4, -0.2) is 0 Å². The van der Waals surface area contributed by atoms with Crippen LogP contribution < -0.4 is 5.73 Å². The maximum atomic E-state index is 6.47. The van der Waals surface area contributed by atoms with Gasteiger partial charge in [0.25, 0.3) is 0 Å². The van der Waals surface area contributed by atoms with Crippen LogP contribution in [0, 0.1) is 0 Å². The number of hydrogen-bond donors (Lipinski definition) is 1. The lowest BCUT2D eigenvalue weighted by atomic mass is 9.85. The molecule has 0 saturated heterocycles. The van der Waals surface area contributed by atoms with Crippen LogP contribution in [0.1, 0.15) is 50.3 Å². The van der Waals surface area contributed by atoms with E-state index in [9.17, 15) is 0 Å². The van der Waals surface area contributed by atoms with Crippen LogP contribution >= 0.6 is 11.6 Å². The smallest absolute Gasteiger partial charge is 0.0464 e. The van der Waals surface area contributed by atoms with Crippen molar-refractivity contribution in [3.8, 4) is 11.1 Å². The number of rotatable bonds is 4. The van der Waals surface area contributed by atoms with Crippen molar-refractivity contribution in [2.45, 2.75) is 46.5 Å². The van der Waals surface area contributed by atoms with E-state index >= 15 is 0 Å². The number of anilines is 1. The lowest BCUT2D eigenvalue weighted by molar-refractivity contribution is 0.868. The minimum absolute atomic E-state index is 0.468. The first-order valence-corrected chi connectivity index (χ1v) is 8.08. The third-order valence-corrected chi connectivity index (χ3v) is 4.42. The van der Waals surface area contributed by atoms with E-state index in [1.165, 1.54) is 27.8 Å². The number of nitrogen functional groups attached to an aromatic ring is 1. The van der Waals surface area contributed by atoms with Gasteiger partial charge in [-0.05, 0) is 52.6 Å². The number of benzene rings is 2. The van der Waals surface area contributed by atoms with Gasteiger partial charge in [0.2, 0.25) is 0 Å². The van der Waals surface area contributed by atoms with Crippen LogP contribution in [0.15, 0.2) is 30.3 Å². The molecule has 21 heavy (non-hydrogen) atoms. The maximum Gasteiger partial charge on any atom is 0.0464 e.